The van der Waals surface area contributed by atoms with E-state index >= 15 is 0 Å². The second kappa shape index (κ2) is 31.7. The average Bonchev–Trinajstić information content (AvgIpc) is 1.55. The highest BCUT2D eigenvalue weighted by molar-refractivity contribution is 6.77. The molecule has 16 heteroatoms. The molecule has 17 atom stereocenters. The largest absolute Gasteiger partial charge is 0.391 e. The minimum absolute atomic E-state index is 0.0777. The van der Waals surface area contributed by atoms with Gasteiger partial charge >= 0.3 is 0 Å². The third-order valence-corrected chi connectivity index (χ3v) is 25.4. The number of hydrogen-bond donors (Lipinski definition) is 0. The predicted octanol–water partition coefficient (Wildman–Crippen LogP) is 14.5. The van der Waals surface area contributed by atoms with Crippen molar-refractivity contribution in [1.82, 2.24) is 0 Å². The zero-order chi connectivity index (χ0) is 64.2. The molecule has 5 aliphatic rings. The molecule has 5 heterocycles. The van der Waals surface area contributed by atoms with Crippen molar-refractivity contribution in [1.29, 1.82) is 0 Å². The molecule has 5 aliphatic heterocycles. The van der Waals surface area contributed by atoms with Crippen molar-refractivity contribution < 1.29 is 70.7 Å². The van der Waals surface area contributed by atoms with Gasteiger partial charge in [0, 0.05) is 23.3 Å². The number of hydrogen-bond acceptors (Lipinski definition) is 15. The fourth-order valence-electron chi connectivity index (χ4n) is 14.4. The first-order chi connectivity index (χ1) is 44.7. The van der Waals surface area contributed by atoms with Crippen LogP contribution in [-0.2, 0) is 104 Å². The minimum Gasteiger partial charge on any atom is -0.391 e. The maximum Gasteiger partial charge on any atom is 0.229 e. The van der Waals surface area contributed by atoms with Gasteiger partial charge in [0.2, 0.25) is 14.1 Å². The van der Waals surface area contributed by atoms with E-state index in [4.69, 9.17) is 70.7 Å². The summed E-state index contributed by atoms with van der Waals surface area (Å²) in [6, 6.07) is 60.7. The van der Waals surface area contributed by atoms with Gasteiger partial charge in [-0.1, -0.05) is 244 Å². The van der Waals surface area contributed by atoms with Crippen LogP contribution in [0, 0.1) is 17.8 Å². The molecule has 92 heavy (non-hydrogen) atoms. The molecule has 6 aromatic carbocycles. The summed E-state index contributed by atoms with van der Waals surface area (Å²) in [6.45, 7) is 24.7. The molecular formula is C76H98O15Si. The Hall–Kier alpha value is -5.06. The van der Waals surface area contributed by atoms with Crippen LogP contribution in [0.3, 0.4) is 0 Å². The van der Waals surface area contributed by atoms with Gasteiger partial charge < -0.3 is 70.7 Å². The van der Waals surface area contributed by atoms with Gasteiger partial charge in [0.05, 0.1) is 83.9 Å². The third-order valence-electron chi connectivity index (χ3n) is 19.4. The second-order valence-electron chi connectivity index (χ2n) is 26.9. The molecule has 0 aliphatic carbocycles. The van der Waals surface area contributed by atoms with E-state index in [1.807, 2.05) is 153 Å². The van der Waals surface area contributed by atoms with Crippen molar-refractivity contribution in [2.45, 2.75) is 204 Å². The van der Waals surface area contributed by atoms with Crippen molar-refractivity contribution >= 4 is 8.32 Å². The van der Waals surface area contributed by atoms with Crippen molar-refractivity contribution in [2.24, 2.45) is 17.8 Å². The molecule has 15 nitrogen and oxygen atoms in total. The normalized spacial score (nSPS) is 31.7. The molecule has 5 saturated heterocycles. The van der Waals surface area contributed by atoms with Gasteiger partial charge in [0.25, 0.3) is 0 Å². The molecule has 0 saturated carbocycles. The van der Waals surface area contributed by atoms with Gasteiger partial charge in [-0.3, -0.25) is 0 Å². The van der Waals surface area contributed by atoms with Crippen LogP contribution in [0.1, 0.15) is 109 Å². The van der Waals surface area contributed by atoms with Gasteiger partial charge in [-0.05, 0) is 51.4 Å². The van der Waals surface area contributed by atoms with E-state index in [9.17, 15) is 0 Å². The fraction of sp³-hybridized carbons (Fsp3) is 0.526. The maximum absolute atomic E-state index is 7.73. The molecule has 0 bridgehead atoms. The molecule has 5 fully saturated rings. The highest BCUT2D eigenvalue weighted by atomic mass is 28.4. The van der Waals surface area contributed by atoms with Gasteiger partial charge in [-0.25, -0.2) is 0 Å². The molecule has 0 spiro atoms. The summed E-state index contributed by atoms with van der Waals surface area (Å²) in [4.78, 5) is 0. The number of ether oxygens (including phenoxy) is 14. The number of benzene rings is 6. The van der Waals surface area contributed by atoms with Crippen LogP contribution in [0.4, 0.5) is 0 Å². The van der Waals surface area contributed by atoms with E-state index in [1.165, 1.54) is 0 Å². The molecule has 496 valence electrons. The number of rotatable bonds is 29. The molecule has 6 aromatic rings. The van der Waals surface area contributed by atoms with E-state index in [-0.39, 0.29) is 68.1 Å². The standard InChI is InChI=1S/C76H98O15Si/c1-51(2)92(52(3)4,53(5)6)91-72-56(9)67(86-71-55(8)66(80-44-60-33-21-13-22-34-60)69(81-45-61-35-23-14-24-36-61)64(85-71)47-77-42-58-29-17-11-18-30-58)68(57(10)84-72)87-74-70(82-46-62-37-25-15-26-38-62)65(54(7)41-83-74)88-76-50-79-49-75(76,48-78-43-59-31-19-12-20-32-59)89-73(90-76)63-39-27-16-28-40-63/h11-40,51-57,64-74H,41-50H2,1-10H3/t54-,55-,56+,57?,64?,65?,66?,67?,68-,69-,70-,71-,72-,73-,74-,75?,76-/m1/s1. The highest BCUT2D eigenvalue weighted by Gasteiger charge is 2.69. The number of fused-ring (bicyclic) bond motifs is 1. The smallest absolute Gasteiger partial charge is 0.229 e. The van der Waals surface area contributed by atoms with E-state index in [0.717, 1.165) is 33.4 Å². The highest BCUT2D eigenvalue weighted by Crippen LogP contribution is 2.53. The summed E-state index contributed by atoms with van der Waals surface area (Å²) in [6.07, 6.45) is -8.61. The van der Waals surface area contributed by atoms with E-state index in [2.05, 4.69) is 98.7 Å². The van der Waals surface area contributed by atoms with Crippen LogP contribution >= 0.6 is 0 Å². The first-order valence-corrected chi connectivity index (χ1v) is 35.6. The summed E-state index contributed by atoms with van der Waals surface area (Å²) >= 11 is 0. The van der Waals surface area contributed by atoms with Crippen LogP contribution in [0.25, 0.3) is 0 Å². The molecule has 0 aromatic heterocycles. The first-order valence-electron chi connectivity index (χ1n) is 33.4. The maximum atomic E-state index is 7.73. The van der Waals surface area contributed by atoms with Crippen molar-refractivity contribution in [3.05, 3.63) is 215 Å². The summed E-state index contributed by atoms with van der Waals surface area (Å²) in [5.74, 6) is -2.46. The summed E-state index contributed by atoms with van der Waals surface area (Å²) in [5, 5.41) is 0. The zero-order valence-corrected chi connectivity index (χ0v) is 56.4. The Bertz CT molecular complexity index is 3100. The van der Waals surface area contributed by atoms with Crippen molar-refractivity contribution in [3.63, 3.8) is 0 Å². The van der Waals surface area contributed by atoms with Crippen LogP contribution in [0.2, 0.25) is 16.6 Å². The van der Waals surface area contributed by atoms with E-state index in [0.29, 0.717) is 26.4 Å². The second-order valence-corrected chi connectivity index (χ2v) is 32.3. The molecule has 0 N–H and O–H groups in total. The van der Waals surface area contributed by atoms with Crippen LogP contribution in [-0.4, -0.2) is 120 Å². The van der Waals surface area contributed by atoms with Gasteiger partial charge in [0.1, 0.15) is 31.0 Å². The first kappa shape index (κ1) is 68.3. The lowest BCUT2D eigenvalue weighted by Crippen LogP contribution is -2.65. The fourth-order valence-corrected chi connectivity index (χ4v) is 19.9. The summed E-state index contributed by atoms with van der Waals surface area (Å²) < 4.78 is 107. The Morgan fingerprint density at radius 2 is 0.924 bits per heavy atom. The molecule has 6 unspecified atom stereocenters. The van der Waals surface area contributed by atoms with Crippen LogP contribution in [0.15, 0.2) is 182 Å². The molecule has 0 radical (unpaired) electrons. The Labute approximate surface area is 546 Å². The van der Waals surface area contributed by atoms with Gasteiger partial charge in [0.15, 0.2) is 30.8 Å². The Kier molecular flexibility index (Phi) is 23.5. The molecular weight excluding hydrogens is 1180 g/mol. The zero-order valence-electron chi connectivity index (χ0n) is 55.4. The summed E-state index contributed by atoms with van der Waals surface area (Å²) in [5.41, 5.74) is 5.63. The van der Waals surface area contributed by atoms with Crippen LogP contribution < -0.4 is 0 Å². The van der Waals surface area contributed by atoms with Crippen LogP contribution in [0.5, 0.6) is 0 Å². The SMILES string of the molecule is CC1O[C@H](O[Si](C(C)C)(C(C)C)C(C)C)[C@@H](C)C(O[C@H]2OC(COCc3ccccc3)[C@@H](OCc3ccccc3)C(OCc3ccccc3)[C@H]2C)[C@@H]1O[C@H]1OC[C@@H](C)C(O[C@@]23COCC2(COCc2ccccc2)O[C@@H](c2ccccc2)O3)[C@H]1OCc1ccccc1. The van der Waals surface area contributed by atoms with Crippen molar-refractivity contribution in [3.8, 4) is 0 Å². The van der Waals surface area contributed by atoms with E-state index in [1.54, 1.807) is 0 Å². The lowest BCUT2D eigenvalue weighted by molar-refractivity contribution is -0.376. The quantitative estimate of drug-likeness (QED) is 0.0411. The summed E-state index contributed by atoms with van der Waals surface area (Å²) in [7, 11) is -2.57. The minimum atomic E-state index is -2.57. The topological polar surface area (TPSA) is 138 Å². The molecule has 0 amide bonds. The third kappa shape index (κ3) is 15.7. The Balaban J connectivity index is 0.946. The Morgan fingerprint density at radius 1 is 0.457 bits per heavy atom. The lowest BCUT2D eigenvalue weighted by atomic mass is 9.89. The lowest BCUT2D eigenvalue weighted by Gasteiger charge is -2.53. The predicted molar refractivity (Wildman–Crippen MR) is 352 cm³/mol. The average molecular weight is 1280 g/mol. The molecule has 11 rings (SSSR count). The van der Waals surface area contributed by atoms with E-state index < -0.39 is 99.6 Å². The Morgan fingerprint density at radius 3 is 1.46 bits per heavy atom. The van der Waals surface area contributed by atoms with Gasteiger partial charge in [-0.15, -0.1) is 0 Å². The van der Waals surface area contributed by atoms with Crippen molar-refractivity contribution in [2.75, 3.05) is 33.0 Å². The van der Waals surface area contributed by atoms with Gasteiger partial charge in [-0.2, -0.15) is 0 Å². The monoisotopic (exact) mass is 1280 g/mol.